The summed E-state index contributed by atoms with van der Waals surface area (Å²) in [5, 5.41) is 6.64. The first-order valence-electron chi connectivity index (χ1n) is 9.36. The predicted octanol–water partition coefficient (Wildman–Crippen LogP) is 3.07. The Morgan fingerprint density at radius 2 is 2.00 bits per heavy atom. The average molecular weight is 423 g/mol. The quantitative estimate of drug-likeness (QED) is 0.424. The molecule has 30 heavy (non-hydrogen) atoms. The number of carbonyl (C=O) groups excluding carboxylic acids is 1. The molecule has 3 N–H and O–H groups in total. The summed E-state index contributed by atoms with van der Waals surface area (Å²) in [7, 11) is 0. The van der Waals surface area contributed by atoms with E-state index in [2.05, 4.69) is 25.6 Å². The van der Waals surface area contributed by atoms with E-state index >= 15 is 0 Å². The van der Waals surface area contributed by atoms with E-state index in [0.717, 1.165) is 6.42 Å². The zero-order chi connectivity index (χ0) is 20.9. The summed E-state index contributed by atoms with van der Waals surface area (Å²) in [6.45, 7) is 0.599. The number of amides is 1. The SMILES string of the molecule is O=C(Cn1ccc2c(=O)[nH]c(NCCc3ccccc3)nc21)Nc1ccncc1Cl. The van der Waals surface area contributed by atoms with Crippen LogP contribution in [0, 0.1) is 0 Å². The predicted molar refractivity (Wildman–Crippen MR) is 117 cm³/mol. The van der Waals surface area contributed by atoms with Crippen molar-refractivity contribution in [3.8, 4) is 0 Å². The molecule has 1 aromatic carbocycles. The highest BCUT2D eigenvalue weighted by molar-refractivity contribution is 6.33. The third kappa shape index (κ3) is 4.49. The van der Waals surface area contributed by atoms with Crippen molar-refractivity contribution in [1.82, 2.24) is 19.5 Å². The Hall–Kier alpha value is -3.65. The summed E-state index contributed by atoms with van der Waals surface area (Å²) in [5.41, 5.74) is 1.82. The second-order valence-corrected chi connectivity index (χ2v) is 7.07. The fourth-order valence-corrected chi connectivity index (χ4v) is 3.24. The molecule has 0 aliphatic rings. The second kappa shape index (κ2) is 8.79. The zero-order valence-electron chi connectivity index (χ0n) is 15.9. The fraction of sp³-hybridized carbons (Fsp3) is 0.143. The molecule has 0 saturated carbocycles. The van der Waals surface area contributed by atoms with Crippen LogP contribution in [0.3, 0.4) is 0 Å². The van der Waals surface area contributed by atoms with E-state index in [4.69, 9.17) is 11.6 Å². The van der Waals surface area contributed by atoms with Gasteiger partial charge >= 0.3 is 0 Å². The summed E-state index contributed by atoms with van der Waals surface area (Å²) in [5.74, 6) is 0.0715. The summed E-state index contributed by atoms with van der Waals surface area (Å²) in [6, 6.07) is 13.3. The van der Waals surface area contributed by atoms with Gasteiger partial charge in [-0.2, -0.15) is 4.98 Å². The molecule has 4 rings (SSSR count). The first kappa shape index (κ1) is 19.7. The Labute approximate surface area is 176 Å². The Balaban J connectivity index is 1.48. The minimum atomic E-state index is -0.290. The average Bonchev–Trinajstić information content (AvgIpc) is 3.14. The monoisotopic (exact) mass is 422 g/mol. The van der Waals surface area contributed by atoms with Crippen LogP contribution < -0.4 is 16.2 Å². The van der Waals surface area contributed by atoms with Gasteiger partial charge in [0.05, 0.1) is 16.1 Å². The number of hydrogen-bond acceptors (Lipinski definition) is 5. The first-order valence-corrected chi connectivity index (χ1v) is 9.74. The third-order valence-corrected chi connectivity index (χ3v) is 4.84. The summed E-state index contributed by atoms with van der Waals surface area (Å²) in [6.07, 6.45) is 5.45. The van der Waals surface area contributed by atoms with Crippen molar-refractivity contribution in [3.63, 3.8) is 0 Å². The molecule has 0 atom stereocenters. The van der Waals surface area contributed by atoms with Gasteiger partial charge in [-0.1, -0.05) is 41.9 Å². The fourth-order valence-electron chi connectivity index (χ4n) is 3.08. The summed E-state index contributed by atoms with van der Waals surface area (Å²) in [4.78, 5) is 35.9. The number of rotatable bonds is 7. The van der Waals surface area contributed by atoms with Crippen molar-refractivity contribution in [2.75, 3.05) is 17.2 Å². The van der Waals surface area contributed by atoms with Crippen LogP contribution in [0.25, 0.3) is 11.0 Å². The van der Waals surface area contributed by atoms with Crippen molar-refractivity contribution in [3.05, 3.63) is 82.0 Å². The van der Waals surface area contributed by atoms with Crippen LogP contribution in [0.15, 0.2) is 65.8 Å². The molecule has 8 nitrogen and oxygen atoms in total. The molecule has 4 aromatic rings. The topological polar surface area (TPSA) is 105 Å². The van der Waals surface area contributed by atoms with E-state index in [1.54, 1.807) is 29.1 Å². The molecule has 152 valence electrons. The number of aromatic nitrogens is 4. The number of pyridine rings is 1. The maximum atomic E-state index is 12.4. The number of aromatic amines is 1. The van der Waals surface area contributed by atoms with Gasteiger partial charge in [-0.05, 0) is 24.1 Å². The van der Waals surface area contributed by atoms with E-state index in [1.807, 2.05) is 30.3 Å². The smallest absolute Gasteiger partial charge is 0.261 e. The maximum Gasteiger partial charge on any atom is 0.261 e. The van der Waals surface area contributed by atoms with E-state index in [-0.39, 0.29) is 18.0 Å². The first-order chi connectivity index (χ1) is 14.6. The van der Waals surface area contributed by atoms with E-state index in [1.165, 1.54) is 11.8 Å². The highest BCUT2D eigenvalue weighted by atomic mass is 35.5. The van der Waals surface area contributed by atoms with Crippen LogP contribution in [-0.2, 0) is 17.8 Å². The van der Waals surface area contributed by atoms with Gasteiger partial charge in [0.25, 0.3) is 5.56 Å². The van der Waals surface area contributed by atoms with E-state index in [9.17, 15) is 9.59 Å². The number of fused-ring (bicyclic) bond motifs is 1. The lowest BCUT2D eigenvalue weighted by atomic mass is 10.1. The van der Waals surface area contributed by atoms with Gasteiger partial charge in [-0.3, -0.25) is 19.6 Å². The molecule has 0 fully saturated rings. The number of nitrogens with one attached hydrogen (secondary N) is 3. The van der Waals surface area contributed by atoms with E-state index in [0.29, 0.717) is 34.2 Å². The van der Waals surface area contributed by atoms with Crippen LogP contribution >= 0.6 is 11.6 Å². The second-order valence-electron chi connectivity index (χ2n) is 6.66. The molecule has 0 saturated heterocycles. The Morgan fingerprint density at radius 3 is 2.80 bits per heavy atom. The van der Waals surface area contributed by atoms with Gasteiger partial charge in [-0.15, -0.1) is 0 Å². The molecular formula is C21H19ClN6O2. The lowest BCUT2D eigenvalue weighted by Gasteiger charge is -2.09. The standard InChI is InChI=1S/C21H19ClN6O2/c22-16-12-23-9-7-17(16)25-18(29)13-28-11-8-15-19(28)26-21(27-20(15)30)24-10-6-14-4-2-1-3-5-14/h1-5,7-9,11-12H,6,10,13H2,(H,23,25,29)(H2,24,26,27,30). The molecule has 0 aliphatic heterocycles. The van der Waals surface area contributed by atoms with Crippen molar-refractivity contribution < 1.29 is 4.79 Å². The van der Waals surface area contributed by atoms with E-state index < -0.39 is 0 Å². The van der Waals surface area contributed by atoms with Crippen LogP contribution in [0.2, 0.25) is 5.02 Å². The maximum absolute atomic E-state index is 12.4. The molecule has 0 bridgehead atoms. The van der Waals surface area contributed by atoms with Crippen LogP contribution in [-0.4, -0.2) is 32.0 Å². The van der Waals surface area contributed by atoms with Crippen LogP contribution in [0.4, 0.5) is 11.6 Å². The Kier molecular flexibility index (Phi) is 5.76. The summed E-state index contributed by atoms with van der Waals surface area (Å²) >= 11 is 6.03. The van der Waals surface area contributed by atoms with Crippen molar-refractivity contribution in [2.45, 2.75) is 13.0 Å². The lowest BCUT2D eigenvalue weighted by molar-refractivity contribution is -0.116. The Morgan fingerprint density at radius 1 is 1.17 bits per heavy atom. The molecular weight excluding hydrogens is 404 g/mol. The number of nitrogens with zero attached hydrogens (tertiary/aromatic N) is 3. The number of halogens is 1. The lowest BCUT2D eigenvalue weighted by Crippen LogP contribution is -2.20. The van der Waals surface area contributed by atoms with Crippen molar-refractivity contribution in [1.29, 1.82) is 0 Å². The Bertz CT molecular complexity index is 1240. The van der Waals surface area contributed by atoms with Gasteiger partial charge in [0, 0.05) is 25.1 Å². The van der Waals surface area contributed by atoms with Crippen molar-refractivity contribution in [2.24, 2.45) is 0 Å². The molecule has 3 heterocycles. The number of hydrogen-bond donors (Lipinski definition) is 3. The van der Waals surface area contributed by atoms with Gasteiger partial charge in [0.15, 0.2) is 0 Å². The highest BCUT2D eigenvalue weighted by Gasteiger charge is 2.12. The van der Waals surface area contributed by atoms with Gasteiger partial charge in [0.2, 0.25) is 11.9 Å². The molecule has 3 aromatic heterocycles. The minimum Gasteiger partial charge on any atom is -0.355 e. The van der Waals surface area contributed by atoms with Crippen LogP contribution in [0.1, 0.15) is 5.56 Å². The number of benzene rings is 1. The van der Waals surface area contributed by atoms with Crippen LogP contribution in [0.5, 0.6) is 0 Å². The normalized spacial score (nSPS) is 10.8. The molecule has 0 aliphatic carbocycles. The van der Waals surface area contributed by atoms with Gasteiger partial charge in [0.1, 0.15) is 12.2 Å². The number of anilines is 2. The number of carbonyl (C=O) groups is 1. The summed E-state index contributed by atoms with van der Waals surface area (Å²) < 4.78 is 1.62. The number of H-pyrrole nitrogens is 1. The van der Waals surface area contributed by atoms with Gasteiger partial charge < -0.3 is 15.2 Å². The molecule has 0 spiro atoms. The van der Waals surface area contributed by atoms with Gasteiger partial charge in [-0.25, -0.2) is 0 Å². The zero-order valence-corrected chi connectivity index (χ0v) is 16.7. The molecule has 9 heteroatoms. The minimum absolute atomic E-state index is 0.0118. The third-order valence-electron chi connectivity index (χ3n) is 4.54. The highest BCUT2D eigenvalue weighted by Crippen LogP contribution is 2.19. The largest absolute Gasteiger partial charge is 0.355 e. The molecule has 0 unspecified atom stereocenters. The molecule has 0 radical (unpaired) electrons. The van der Waals surface area contributed by atoms with Crippen molar-refractivity contribution >= 4 is 40.2 Å². The molecule has 1 amide bonds.